The second kappa shape index (κ2) is 11.9. The van der Waals surface area contributed by atoms with Crippen molar-refractivity contribution in [1.29, 1.82) is 0 Å². The first-order valence-electron chi connectivity index (χ1n) is 10.8. The van der Waals surface area contributed by atoms with Gasteiger partial charge in [0.15, 0.2) is 29.1 Å². The summed E-state index contributed by atoms with van der Waals surface area (Å²) < 4.78 is 34.0. The summed E-state index contributed by atoms with van der Waals surface area (Å²) >= 11 is 0. The molecule has 3 rings (SSSR count). The van der Waals surface area contributed by atoms with Gasteiger partial charge in [0.2, 0.25) is 0 Å². The zero-order valence-corrected chi connectivity index (χ0v) is 21.4. The lowest BCUT2D eigenvalue weighted by atomic mass is 10.2. The number of fused-ring (bicyclic) bond motifs is 1. The molecule has 0 amide bonds. The third-order valence-electron chi connectivity index (χ3n) is 5.16. The summed E-state index contributed by atoms with van der Waals surface area (Å²) in [6.45, 7) is 1.60. The highest BCUT2D eigenvalue weighted by Crippen LogP contribution is 2.55. The molecule has 4 atom stereocenters. The zero-order chi connectivity index (χ0) is 26.5. The first kappa shape index (κ1) is 28.3. The van der Waals surface area contributed by atoms with E-state index in [1.54, 1.807) is 0 Å². The van der Waals surface area contributed by atoms with Crippen LogP contribution < -0.4 is 5.32 Å². The monoisotopic (exact) mass is 545 g/mol. The molecule has 1 aromatic carbocycles. The highest BCUT2D eigenvalue weighted by atomic mass is 31.2. The van der Waals surface area contributed by atoms with E-state index >= 15 is 0 Å². The number of hydrogen-bond acceptors (Lipinski definition) is 10. The molecule has 0 aliphatic heterocycles. The Morgan fingerprint density at radius 2 is 1.81 bits per heavy atom. The zero-order valence-electron chi connectivity index (χ0n) is 19.6. The van der Waals surface area contributed by atoms with Crippen molar-refractivity contribution in [3.05, 3.63) is 48.0 Å². The average molecular weight is 545 g/mol. The van der Waals surface area contributed by atoms with E-state index in [0.29, 0.717) is 30.1 Å². The standard InChI is InChI=1S/C20H29N5O9P2/c1-3-15-23-18(21-9-13-7-5-4-6-8-13)16-19(24-15)25(11-22-16)20(27)17(26)14(33-2)10-34-36(31,32)12-35(28,29)30/h4-8,11,14,17,20,26-27H,3,9-10,12H2,1-2H3,(H,31,32)(H,21,23,24)(H2,28,29,30)/t14-,17-,20-/m1/s1. The van der Waals surface area contributed by atoms with Gasteiger partial charge in [0.25, 0.3) is 0 Å². The molecule has 36 heavy (non-hydrogen) atoms. The lowest BCUT2D eigenvalue weighted by Gasteiger charge is -2.27. The Bertz CT molecular complexity index is 1250. The third kappa shape index (κ3) is 7.39. The van der Waals surface area contributed by atoms with Crippen molar-refractivity contribution in [2.75, 3.05) is 24.9 Å². The van der Waals surface area contributed by atoms with Crippen LogP contribution >= 0.6 is 15.2 Å². The predicted octanol–water partition coefficient (Wildman–Crippen LogP) is 1.20. The summed E-state index contributed by atoms with van der Waals surface area (Å²) in [5.74, 6) is -0.491. The molecule has 0 fully saturated rings. The van der Waals surface area contributed by atoms with Crippen LogP contribution in [0.15, 0.2) is 36.7 Å². The van der Waals surface area contributed by atoms with Crippen molar-refractivity contribution in [2.45, 2.75) is 38.3 Å². The van der Waals surface area contributed by atoms with Crippen molar-refractivity contribution in [3.8, 4) is 0 Å². The van der Waals surface area contributed by atoms with Crippen molar-refractivity contribution in [3.63, 3.8) is 0 Å². The number of aliphatic hydroxyl groups is 2. The molecule has 6 N–H and O–H groups in total. The lowest BCUT2D eigenvalue weighted by molar-refractivity contribution is -0.113. The fraction of sp³-hybridized carbons (Fsp3) is 0.450. The molecule has 2 heterocycles. The minimum atomic E-state index is -4.83. The number of aliphatic hydroxyl groups excluding tert-OH is 2. The predicted molar refractivity (Wildman–Crippen MR) is 129 cm³/mol. The fourth-order valence-corrected chi connectivity index (χ4v) is 5.91. The Balaban J connectivity index is 1.81. The molecule has 0 aliphatic carbocycles. The minimum Gasteiger partial charge on any atom is -0.386 e. The van der Waals surface area contributed by atoms with Gasteiger partial charge in [0.05, 0.1) is 12.9 Å². The molecule has 198 valence electrons. The van der Waals surface area contributed by atoms with E-state index in [9.17, 15) is 24.2 Å². The maximum atomic E-state index is 11.9. The minimum absolute atomic E-state index is 0.231. The molecule has 3 aromatic rings. The van der Waals surface area contributed by atoms with Crippen molar-refractivity contribution in [1.82, 2.24) is 19.5 Å². The lowest BCUT2D eigenvalue weighted by Crippen LogP contribution is -2.39. The van der Waals surface area contributed by atoms with Gasteiger partial charge in [-0.1, -0.05) is 37.3 Å². The molecule has 0 saturated heterocycles. The van der Waals surface area contributed by atoms with Gasteiger partial charge in [-0.25, -0.2) is 15.0 Å². The Hall–Kier alpha value is -2.25. The number of ether oxygens (including phenoxy) is 1. The fourth-order valence-electron chi connectivity index (χ4n) is 3.34. The summed E-state index contributed by atoms with van der Waals surface area (Å²) in [6.07, 6.45) is -2.94. The van der Waals surface area contributed by atoms with Crippen LogP contribution in [0.3, 0.4) is 0 Å². The molecule has 14 nitrogen and oxygen atoms in total. The van der Waals surface area contributed by atoms with Crippen LogP contribution in [0.1, 0.15) is 24.5 Å². The van der Waals surface area contributed by atoms with Gasteiger partial charge in [-0.15, -0.1) is 0 Å². The van der Waals surface area contributed by atoms with E-state index in [0.717, 1.165) is 5.56 Å². The van der Waals surface area contributed by atoms with E-state index in [4.69, 9.17) is 19.0 Å². The van der Waals surface area contributed by atoms with Crippen LogP contribution in [-0.4, -0.2) is 76.2 Å². The van der Waals surface area contributed by atoms with E-state index in [-0.39, 0.29) is 5.65 Å². The van der Waals surface area contributed by atoms with E-state index in [1.165, 1.54) is 18.0 Å². The van der Waals surface area contributed by atoms with Crippen LogP contribution in [0.25, 0.3) is 11.2 Å². The average Bonchev–Trinajstić information content (AvgIpc) is 3.25. The van der Waals surface area contributed by atoms with Crippen LogP contribution in [-0.2, 0) is 31.4 Å². The number of methoxy groups -OCH3 is 1. The summed E-state index contributed by atoms with van der Waals surface area (Å²) in [6, 6.07) is 9.62. The van der Waals surface area contributed by atoms with Crippen molar-refractivity contribution >= 4 is 32.2 Å². The van der Waals surface area contributed by atoms with Gasteiger partial charge in [0.1, 0.15) is 18.0 Å². The Morgan fingerprint density at radius 1 is 1.11 bits per heavy atom. The molecule has 2 aromatic heterocycles. The van der Waals surface area contributed by atoms with Gasteiger partial charge in [-0.3, -0.25) is 13.7 Å². The van der Waals surface area contributed by atoms with Crippen LogP contribution in [0.2, 0.25) is 0 Å². The van der Waals surface area contributed by atoms with Crippen molar-refractivity contribution in [2.24, 2.45) is 0 Å². The van der Waals surface area contributed by atoms with Gasteiger partial charge in [-0.05, 0) is 5.56 Å². The van der Waals surface area contributed by atoms with Crippen molar-refractivity contribution < 1.29 is 43.3 Å². The van der Waals surface area contributed by atoms with Gasteiger partial charge < -0.3 is 39.5 Å². The highest BCUT2D eigenvalue weighted by Gasteiger charge is 2.35. The number of anilines is 1. The SMILES string of the molecule is CCc1nc(NCc2ccccc2)c2ncn([C@H](O)[C@H](O)[C@@H](COP(=O)(O)CP(=O)(O)O)OC)c2n1. The van der Waals surface area contributed by atoms with Crippen LogP contribution in [0, 0.1) is 0 Å². The van der Waals surface area contributed by atoms with Crippen LogP contribution in [0.5, 0.6) is 0 Å². The van der Waals surface area contributed by atoms with E-state index < -0.39 is 46.1 Å². The quantitative estimate of drug-likeness (QED) is 0.167. The van der Waals surface area contributed by atoms with E-state index in [1.807, 2.05) is 37.3 Å². The number of aromatic nitrogens is 4. The Kier molecular flexibility index (Phi) is 9.33. The summed E-state index contributed by atoms with van der Waals surface area (Å²) in [5.41, 5.74) is 1.59. The number of nitrogens with zero attached hydrogens (tertiary/aromatic N) is 4. The van der Waals surface area contributed by atoms with Crippen LogP contribution in [0.4, 0.5) is 5.82 Å². The summed E-state index contributed by atoms with van der Waals surface area (Å²) in [4.78, 5) is 40.7. The molecule has 1 unspecified atom stereocenters. The third-order valence-corrected chi connectivity index (χ3v) is 8.62. The topological polar surface area (TPSA) is 209 Å². The van der Waals surface area contributed by atoms with Gasteiger partial charge in [-0.2, -0.15) is 0 Å². The highest BCUT2D eigenvalue weighted by molar-refractivity contribution is 7.70. The molecule has 0 saturated carbocycles. The first-order valence-corrected chi connectivity index (χ1v) is 14.4. The number of imidazole rings is 1. The molecule has 0 aliphatic rings. The molecule has 0 radical (unpaired) electrons. The summed E-state index contributed by atoms with van der Waals surface area (Å²) in [7, 11) is -8.34. The van der Waals surface area contributed by atoms with E-state index in [2.05, 4.69) is 20.3 Å². The molecule has 0 spiro atoms. The second-order valence-corrected chi connectivity index (χ2v) is 11.9. The maximum absolute atomic E-state index is 11.9. The second-order valence-electron chi connectivity index (χ2n) is 7.92. The number of hydrogen-bond donors (Lipinski definition) is 6. The van der Waals surface area contributed by atoms with Gasteiger partial charge >= 0.3 is 15.2 Å². The number of rotatable bonds is 13. The number of aryl methyl sites for hydroxylation is 1. The molecular formula is C20H29N5O9P2. The Labute approximate surface area is 206 Å². The normalized spacial score (nSPS) is 16.4. The maximum Gasteiger partial charge on any atom is 0.340 e. The Morgan fingerprint density at radius 3 is 2.42 bits per heavy atom. The molecule has 0 bridgehead atoms. The molecular weight excluding hydrogens is 516 g/mol. The van der Waals surface area contributed by atoms with Gasteiger partial charge in [0, 0.05) is 20.1 Å². The number of benzene rings is 1. The smallest absolute Gasteiger partial charge is 0.340 e. The largest absolute Gasteiger partial charge is 0.386 e. The number of nitrogens with one attached hydrogen (secondary N) is 1. The summed E-state index contributed by atoms with van der Waals surface area (Å²) in [5, 5.41) is 24.8. The first-order chi connectivity index (χ1) is 16.9. The molecule has 16 heteroatoms.